The summed E-state index contributed by atoms with van der Waals surface area (Å²) in [5.41, 5.74) is 0.790. The van der Waals surface area contributed by atoms with Crippen molar-refractivity contribution in [2.75, 3.05) is 6.54 Å². The van der Waals surface area contributed by atoms with Gasteiger partial charge in [0.2, 0.25) is 0 Å². The third-order valence-corrected chi connectivity index (χ3v) is 3.28. The molecular weight excluding hydrogens is 256 g/mol. The van der Waals surface area contributed by atoms with Crippen LogP contribution >= 0.6 is 11.6 Å². The molecule has 18 heavy (non-hydrogen) atoms. The summed E-state index contributed by atoms with van der Waals surface area (Å²) in [6.07, 6.45) is 0. The van der Waals surface area contributed by atoms with E-state index < -0.39 is 5.92 Å². The molecule has 1 unspecified atom stereocenters. The van der Waals surface area contributed by atoms with E-state index in [0.717, 1.165) is 4.90 Å². The van der Waals surface area contributed by atoms with Crippen LogP contribution in [0.25, 0.3) is 0 Å². The van der Waals surface area contributed by atoms with Gasteiger partial charge in [0.05, 0.1) is 11.1 Å². The molecule has 0 spiro atoms. The predicted molar refractivity (Wildman–Crippen MR) is 66.0 cm³/mol. The van der Waals surface area contributed by atoms with E-state index in [2.05, 4.69) is 5.16 Å². The molecular formula is C12H11ClN2O3. The minimum Gasteiger partial charge on any atom is -0.410 e. The highest BCUT2D eigenvalue weighted by Gasteiger charge is 2.36. The molecule has 1 aromatic carbocycles. The van der Waals surface area contributed by atoms with E-state index in [1.54, 1.807) is 31.2 Å². The van der Waals surface area contributed by atoms with Crippen molar-refractivity contribution < 1.29 is 14.8 Å². The van der Waals surface area contributed by atoms with E-state index in [9.17, 15) is 9.59 Å². The number of nitrogens with zero attached hydrogens (tertiary/aromatic N) is 2. The van der Waals surface area contributed by atoms with Crippen LogP contribution in [0.1, 0.15) is 27.6 Å². The van der Waals surface area contributed by atoms with Crippen molar-refractivity contribution in [3.8, 4) is 0 Å². The lowest BCUT2D eigenvalue weighted by molar-refractivity contribution is 0.0644. The minimum atomic E-state index is -0.404. The Bertz CT molecular complexity index is 507. The van der Waals surface area contributed by atoms with Crippen LogP contribution in [-0.2, 0) is 0 Å². The maximum Gasteiger partial charge on any atom is 0.261 e. The van der Waals surface area contributed by atoms with Gasteiger partial charge in [0.1, 0.15) is 5.17 Å². The molecule has 0 aliphatic carbocycles. The molecule has 0 saturated heterocycles. The Balaban J connectivity index is 2.24. The average molecular weight is 267 g/mol. The molecule has 1 aromatic rings. The number of hydrogen-bond acceptors (Lipinski definition) is 4. The summed E-state index contributed by atoms with van der Waals surface area (Å²) in [5, 5.41) is 11.4. The predicted octanol–water partition coefficient (Wildman–Crippen LogP) is 1.95. The van der Waals surface area contributed by atoms with Gasteiger partial charge in [0, 0.05) is 12.5 Å². The number of fused-ring (bicyclic) bond motifs is 1. The molecule has 0 saturated carbocycles. The number of halogens is 1. The fraction of sp³-hybridized carbons (Fsp3) is 0.250. The van der Waals surface area contributed by atoms with Gasteiger partial charge < -0.3 is 5.21 Å². The number of benzene rings is 1. The number of hydrogen-bond donors (Lipinski definition) is 1. The zero-order valence-corrected chi connectivity index (χ0v) is 10.4. The van der Waals surface area contributed by atoms with Crippen LogP contribution in [0.15, 0.2) is 29.4 Å². The third-order valence-electron chi connectivity index (χ3n) is 2.84. The van der Waals surface area contributed by atoms with Gasteiger partial charge in [-0.25, -0.2) is 0 Å². The second kappa shape index (κ2) is 4.78. The first-order chi connectivity index (χ1) is 8.56. The Labute approximate surface area is 109 Å². The van der Waals surface area contributed by atoms with Crippen molar-refractivity contribution in [1.82, 2.24) is 4.90 Å². The average Bonchev–Trinajstić information content (AvgIpc) is 2.63. The highest BCUT2D eigenvalue weighted by atomic mass is 35.5. The molecule has 0 bridgehead atoms. The van der Waals surface area contributed by atoms with Crippen molar-refractivity contribution in [2.45, 2.75) is 6.92 Å². The number of amides is 2. The van der Waals surface area contributed by atoms with E-state index in [0.29, 0.717) is 11.1 Å². The highest BCUT2D eigenvalue weighted by molar-refractivity contribution is 6.65. The molecule has 0 radical (unpaired) electrons. The highest BCUT2D eigenvalue weighted by Crippen LogP contribution is 2.23. The van der Waals surface area contributed by atoms with Crippen LogP contribution in [0.2, 0.25) is 0 Å². The van der Waals surface area contributed by atoms with Crippen molar-refractivity contribution in [3.05, 3.63) is 35.4 Å². The Morgan fingerprint density at radius 2 is 1.83 bits per heavy atom. The quantitative estimate of drug-likeness (QED) is 0.393. The summed E-state index contributed by atoms with van der Waals surface area (Å²) in [6, 6.07) is 6.64. The van der Waals surface area contributed by atoms with Gasteiger partial charge >= 0.3 is 0 Å². The Kier molecular flexibility index (Phi) is 3.34. The molecule has 0 fully saturated rings. The smallest absolute Gasteiger partial charge is 0.261 e. The fourth-order valence-electron chi connectivity index (χ4n) is 1.85. The number of rotatable bonds is 3. The second-order valence-corrected chi connectivity index (χ2v) is 4.48. The van der Waals surface area contributed by atoms with Crippen LogP contribution in [0.3, 0.4) is 0 Å². The van der Waals surface area contributed by atoms with Crippen molar-refractivity contribution in [1.29, 1.82) is 0 Å². The summed E-state index contributed by atoms with van der Waals surface area (Å²) in [7, 11) is 0. The number of oxime groups is 1. The molecule has 1 aliphatic rings. The van der Waals surface area contributed by atoms with E-state index >= 15 is 0 Å². The van der Waals surface area contributed by atoms with Gasteiger partial charge in [-0.3, -0.25) is 14.5 Å². The first kappa shape index (κ1) is 12.6. The summed E-state index contributed by atoms with van der Waals surface area (Å²) in [6.45, 7) is 1.76. The fourth-order valence-corrected chi connectivity index (χ4v) is 1.92. The largest absolute Gasteiger partial charge is 0.410 e. The van der Waals surface area contributed by atoms with Crippen molar-refractivity contribution in [3.63, 3.8) is 0 Å². The molecule has 1 N–H and O–H groups in total. The van der Waals surface area contributed by atoms with E-state index in [1.807, 2.05) is 0 Å². The Morgan fingerprint density at radius 3 is 2.28 bits per heavy atom. The van der Waals surface area contributed by atoms with E-state index in [4.69, 9.17) is 16.8 Å². The van der Waals surface area contributed by atoms with Gasteiger partial charge in [0.15, 0.2) is 0 Å². The van der Waals surface area contributed by atoms with Crippen LogP contribution in [-0.4, -0.2) is 33.6 Å². The summed E-state index contributed by atoms with van der Waals surface area (Å²) in [4.78, 5) is 25.1. The van der Waals surface area contributed by atoms with Crippen LogP contribution in [0, 0.1) is 5.92 Å². The molecule has 2 rings (SSSR count). The number of carbonyl (C=O) groups excluding carboxylic acids is 2. The maximum atomic E-state index is 12.0. The van der Waals surface area contributed by atoms with Gasteiger partial charge in [-0.1, -0.05) is 35.8 Å². The SMILES string of the molecule is CC(CN1C(=O)c2ccccc2C1=O)C(Cl)=NO. The second-order valence-electron chi connectivity index (χ2n) is 4.09. The van der Waals surface area contributed by atoms with Crippen molar-refractivity contribution in [2.24, 2.45) is 11.1 Å². The van der Waals surface area contributed by atoms with Crippen molar-refractivity contribution >= 4 is 28.6 Å². The lowest BCUT2D eigenvalue weighted by atomic mass is 10.1. The van der Waals surface area contributed by atoms with Crippen LogP contribution < -0.4 is 0 Å². The molecule has 5 nitrogen and oxygen atoms in total. The van der Waals surface area contributed by atoms with Gasteiger partial charge in [-0.05, 0) is 12.1 Å². The van der Waals surface area contributed by atoms with Gasteiger partial charge in [-0.15, -0.1) is 0 Å². The first-order valence-electron chi connectivity index (χ1n) is 5.39. The molecule has 94 valence electrons. The molecule has 1 aliphatic heterocycles. The molecule has 0 aromatic heterocycles. The Morgan fingerprint density at radius 1 is 1.33 bits per heavy atom. The number of imide groups is 1. The van der Waals surface area contributed by atoms with Crippen LogP contribution in [0.5, 0.6) is 0 Å². The summed E-state index contributed by atoms with van der Waals surface area (Å²) < 4.78 is 0. The lowest BCUT2D eigenvalue weighted by Crippen LogP contribution is -2.35. The first-order valence-corrected chi connectivity index (χ1v) is 5.76. The minimum absolute atomic E-state index is 0.0356. The molecule has 1 heterocycles. The molecule has 6 heteroatoms. The monoisotopic (exact) mass is 266 g/mol. The molecule has 2 amide bonds. The summed E-state index contributed by atoms with van der Waals surface area (Å²) in [5.74, 6) is -1.09. The number of carbonyl (C=O) groups is 2. The van der Waals surface area contributed by atoms with E-state index in [1.165, 1.54) is 0 Å². The lowest BCUT2D eigenvalue weighted by Gasteiger charge is -2.17. The zero-order chi connectivity index (χ0) is 13.3. The molecule has 1 atom stereocenters. The standard InChI is InChI=1S/C12H11ClN2O3/c1-7(10(13)14-18)6-15-11(16)8-4-2-3-5-9(8)12(15)17/h2-5,7,18H,6H2,1H3. The van der Waals surface area contributed by atoms with E-state index in [-0.39, 0.29) is 23.5 Å². The van der Waals surface area contributed by atoms with Crippen LogP contribution in [0.4, 0.5) is 0 Å². The zero-order valence-electron chi connectivity index (χ0n) is 9.63. The normalized spacial score (nSPS) is 17.0. The van der Waals surface area contributed by atoms with Gasteiger partial charge in [-0.2, -0.15) is 0 Å². The van der Waals surface area contributed by atoms with Gasteiger partial charge in [0.25, 0.3) is 11.8 Å². The maximum absolute atomic E-state index is 12.0. The Hall–Kier alpha value is -1.88. The topological polar surface area (TPSA) is 70.0 Å². The summed E-state index contributed by atoms with van der Waals surface area (Å²) >= 11 is 5.65. The third kappa shape index (κ3) is 1.97.